The zero-order valence-corrected chi connectivity index (χ0v) is 19.0. The van der Waals surface area contributed by atoms with E-state index in [1.165, 1.54) is 109 Å². The molecule has 0 N–H and O–H groups in total. The average Bonchev–Trinajstić information content (AvgIpc) is 3.20. The Morgan fingerprint density at radius 3 is 1.54 bits per heavy atom. The smallest absolute Gasteiger partial charge is 0.0107 e. The molecule has 0 spiro atoms. The van der Waals surface area contributed by atoms with Crippen LogP contribution in [0.1, 0.15) is 135 Å². The normalized spacial score (nSPS) is 12.0. The van der Waals surface area contributed by atoms with Crippen molar-refractivity contribution in [2.75, 3.05) is 0 Å². The van der Waals surface area contributed by atoms with Gasteiger partial charge in [0.15, 0.2) is 0 Å². The molecule has 0 radical (unpaired) electrons. The van der Waals surface area contributed by atoms with E-state index in [1.807, 2.05) is 11.3 Å². The standard InChI is InChI=1S/C25H46S/c1-4-7-10-12-14-16-21-25(20-9-6-3,24-19-18-23-26-24)22-17-15-13-11-8-5-2/h18-19,23H,4-17,20-22H2,1-3H3. The summed E-state index contributed by atoms with van der Waals surface area (Å²) in [5.74, 6) is 0. The zero-order chi connectivity index (χ0) is 18.9. The van der Waals surface area contributed by atoms with Gasteiger partial charge in [-0.05, 0) is 30.7 Å². The molecule has 1 aromatic heterocycles. The van der Waals surface area contributed by atoms with E-state index in [1.54, 1.807) is 4.88 Å². The van der Waals surface area contributed by atoms with Crippen molar-refractivity contribution >= 4 is 11.3 Å². The van der Waals surface area contributed by atoms with E-state index in [-0.39, 0.29) is 0 Å². The summed E-state index contributed by atoms with van der Waals surface area (Å²) in [7, 11) is 0. The Hall–Kier alpha value is -0.300. The molecule has 26 heavy (non-hydrogen) atoms. The summed E-state index contributed by atoms with van der Waals surface area (Å²) in [6.07, 6.45) is 24.0. The highest BCUT2D eigenvalue weighted by Crippen LogP contribution is 2.42. The van der Waals surface area contributed by atoms with E-state index in [0.717, 1.165) is 0 Å². The lowest BCUT2D eigenvalue weighted by molar-refractivity contribution is 0.308. The second kappa shape index (κ2) is 15.7. The molecular formula is C25H46S. The Balaban J connectivity index is 2.58. The maximum Gasteiger partial charge on any atom is 0.0107 e. The molecule has 0 saturated carbocycles. The summed E-state index contributed by atoms with van der Waals surface area (Å²) in [5, 5.41) is 2.30. The van der Waals surface area contributed by atoms with Gasteiger partial charge in [-0.25, -0.2) is 0 Å². The van der Waals surface area contributed by atoms with Crippen LogP contribution in [-0.4, -0.2) is 0 Å². The van der Waals surface area contributed by atoms with Gasteiger partial charge < -0.3 is 0 Å². The first kappa shape index (κ1) is 23.7. The Labute approximate surface area is 169 Å². The van der Waals surface area contributed by atoms with Crippen LogP contribution < -0.4 is 0 Å². The van der Waals surface area contributed by atoms with Crippen molar-refractivity contribution in [3.8, 4) is 0 Å². The van der Waals surface area contributed by atoms with Crippen LogP contribution in [0.5, 0.6) is 0 Å². The summed E-state index contributed by atoms with van der Waals surface area (Å²) in [6.45, 7) is 6.98. The highest BCUT2D eigenvalue weighted by atomic mass is 32.1. The van der Waals surface area contributed by atoms with E-state index >= 15 is 0 Å². The molecule has 0 atom stereocenters. The van der Waals surface area contributed by atoms with Crippen molar-refractivity contribution < 1.29 is 0 Å². The van der Waals surface area contributed by atoms with Gasteiger partial charge in [0.1, 0.15) is 0 Å². The topological polar surface area (TPSA) is 0 Å². The molecule has 1 aromatic rings. The van der Waals surface area contributed by atoms with Crippen LogP contribution in [0.25, 0.3) is 0 Å². The van der Waals surface area contributed by atoms with Gasteiger partial charge in [-0.3, -0.25) is 0 Å². The number of unbranched alkanes of at least 4 members (excludes halogenated alkanes) is 11. The SMILES string of the molecule is CCCCCCCCC(CCCC)(CCCCCCCC)c1cccs1. The van der Waals surface area contributed by atoms with Gasteiger partial charge in [0.25, 0.3) is 0 Å². The van der Waals surface area contributed by atoms with Gasteiger partial charge in [-0.15, -0.1) is 11.3 Å². The van der Waals surface area contributed by atoms with Gasteiger partial charge in [0, 0.05) is 10.3 Å². The Morgan fingerprint density at radius 1 is 0.615 bits per heavy atom. The second-order valence-electron chi connectivity index (χ2n) is 8.40. The highest BCUT2D eigenvalue weighted by molar-refractivity contribution is 7.10. The summed E-state index contributed by atoms with van der Waals surface area (Å²) >= 11 is 2.02. The minimum absolute atomic E-state index is 0.486. The largest absolute Gasteiger partial charge is 0.148 e. The summed E-state index contributed by atoms with van der Waals surface area (Å²) in [4.78, 5) is 1.69. The van der Waals surface area contributed by atoms with Crippen molar-refractivity contribution in [1.82, 2.24) is 0 Å². The molecule has 0 aliphatic rings. The van der Waals surface area contributed by atoms with Gasteiger partial charge in [-0.1, -0.05) is 117 Å². The van der Waals surface area contributed by atoms with Crippen LogP contribution in [-0.2, 0) is 5.41 Å². The Kier molecular flexibility index (Phi) is 14.4. The molecule has 0 nitrogen and oxygen atoms in total. The molecule has 1 rings (SSSR count). The van der Waals surface area contributed by atoms with E-state index in [2.05, 4.69) is 38.3 Å². The molecule has 0 aliphatic carbocycles. The third kappa shape index (κ3) is 9.58. The Morgan fingerprint density at radius 2 is 1.08 bits per heavy atom. The van der Waals surface area contributed by atoms with E-state index in [9.17, 15) is 0 Å². The third-order valence-corrected chi connectivity index (χ3v) is 7.19. The number of thiophene rings is 1. The highest BCUT2D eigenvalue weighted by Gasteiger charge is 2.31. The molecule has 0 bridgehead atoms. The number of hydrogen-bond acceptors (Lipinski definition) is 1. The van der Waals surface area contributed by atoms with E-state index in [4.69, 9.17) is 0 Å². The molecular weight excluding hydrogens is 332 g/mol. The number of rotatable bonds is 18. The molecule has 0 aromatic carbocycles. The van der Waals surface area contributed by atoms with Crippen LogP contribution in [0.4, 0.5) is 0 Å². The van der Waals surface area contributed by atoms with Crippen molar-refractivity contribution in [3.05, 3.63) is 22.4 Å². The fourth-order valence-corrected chi connectivity index (χ4v) is 5.34. The summed E-state index contributed by atoms with van der Waals surface area (Å²) < 4.78 is 0. The monoisotopic (exact) mass is 378 g/mol. The van der Waals surface area contributed by atoms with Crippen LogP contribution in [0, 0.1) is 0 Å². The average molecular weight is 379 g/mol. The minimum atomic E-state index is 0.486. The van der Waals surface area contributed by atoms with Gasteiger partial charge >= 0.3 is 0 Å². The predicted octanol–water partition coefficient (Wildman–Crippen LogP) is 9.68. The summed E-state index contributed by atoms with van der Waals surface area (Å²) in [6, 6.07) is 4.72. The molecule has 1 heterocycles. The molecule has 0 amide bonds. The summed E-state index contributed by atoms with van der Waals surface area (Å²) in [5.41, 5.74) is 0.486. The lowest BCUT2D eigenvalue weighted by Crippen LogP contribution is -2.25. The van der Waals surface area contributed by atoms with Gasteiger partial charge in [0.2, 0.25) is 0 Å². The molecule has 0 fully saturated rings. The van der Waals surface area contributed by atoms with E-state index < -0.39 is 0 Å². The molecule has 0 aliphatic heterocycles. The van der Waals surface area contributed by atoms with Crippen LogP contribution in [0.15, 0.2) is 17.5 Å². The third-order valence-electron chi connectivity index (χ3n) is 6.07. The zero-order valence-electron chi connectivity index (χ0n) is 18.2. The van der Waals surface area contributed by atoms with Crippen LogP contribution in [0.3, 0.4) is 0 Å². The van der Waals surface area contributed by atoms with E-state index in [0.29, 0.717) is 5.41 Å². The van der Waals surface area contributed by atoms with Gasteiger partial charge in [0.05, 0.1) is 0 Å². The van der Waals surface area contributed by atoms with Gasteiger partial charge in [-0.2, -0.15) is 0 Å². The van der Waals surface area contributed by atoms with Crippen LogP contribution >= 0.6 is 11.3 Å². The van der Waals surface area contributed by atoms with Crippen LogP contribution in [0.2, 0.25) is 0 Å². The number of hydrogen-bond donors (Lipinski definition) is 0. The Bertz CT molecular complexity index is 376. The second-order valence-corrected chi connectivity index (χ2v) is 9.34. The minimum Gasteiger partial charge on any atom is -0.148 e. The van der Waals surface area contributed by atoms with Crippen molar-refractivity contribution in [3.63, 3.8) is 0 Å². The molecule has 0 saturated heterocycles. The first-order chi connectivity index (χ1) is 12.8. The molecule has 1 heteroatoms. The maximum atomic E-state index is 2.44. The molecule has 0 unspecified atom stereocenters. The maximum absolute atomic E-state index is 2.44. The molecule has 152 valence electrons. The van der Waals surface area contributed by atoms with Crippen molar-refractivity contribution in [1.29, 1.82) is 0 Å². The van der Waals surface area contributed by atoms with Crippen molar-refractivity contribution in [2.24, 2.45) is 0 Å². The fraction of sp³-hybridized carbons (Fsp3) is 0.840. The van der Waals surface area contributed by atoms with Crippen molar-refractivity contribution in [2.45, 2.75) is 135 Å². The lowest BCUT2D eigenvalue weighted by atomic mass is 9.73. The first-order valence-electron chi connectivity index (χ1n) is 11.8. The predicted molar refractivity (Wildman–Crippen MR) is 122 cm³/mol. The lowest BCUT2D eigenvalue weighted by Gasteiger charge is -2.34. The quantitative estimate of drug-likeness (QED) is 0.223. The fourth-order valence-electron chi connectivity index (χ4n) is 4.33. The first-order valence-corrected chi connectivity index (χ1v) is 12.7.